The van der Waals surface area contributed by atoms with E-state index >= 15 is 0 Å². The van der Waals surface area contributed by atoms with Gasteiger partial charge < -0.3 is 5.32 Å². The molecule has 0 fully saturated rings. The molecule has 0 saturated carbocycles. The van der Waals surface area contributed by atoms with Gasteiger partial charge in [0.1, 0.15) is 5.82 Å². The van der Waals surface area contributed by atoms with E-state index in [1.54, 1.807) is 0 Å². The van der Waals surface area contributed by atoms with Crippen LogP contribution in [-0.2, 0) is 21.4 Å². The molecule has 3 rings (SSSR count). The standard InChI is InChI=1S/C24H23Cl2FN2O3S/c1-15-11-16(2)24(17(3)12-15)28-23(30)14-29(13-20-21(26)5-4-6-22(20)27)33(31,32)19-9-7-18(25)8-10-19/h4-12H,13-14H2,1-3H3,(H,28,30). The Kier molecular flexibility index (Phi) is 7.80. The van der Waals surface area contributed by atoms with E-state index in [9.17, 15) is 17.6 Å². The highest BCUT2D eigenvalue weighted by Gasteiger charge is 2.29. The summed E-state index contributed by atoms with van der Waals surface area (Å²) in [6.07, 6.45) is 0. The zero-order valence-electron chi connectivity index (χ0n) is 18.3. The third-order valence-corrected chi connectivity index (χ3v) is 7.52. The van der Waals surface area contributed by atoms with Crippen LogP contribution in [0.1, 0.15) is 22.3 Å². The monoisotopic (exact) mass is 508 g/mol. The maximum atomic E-state index is 14.5. The number of carbonyl (C=O) groups is 1. The molecule has 0 atom stereocenters. The van der Waals surface area contributed by atoms with E-state index in [1.165, 1.54) is 42.5 Å². The first-order chi connectivity index (χ1) is 15.5. The molecule has 33 heavy (non-hydrogen) atoms. The SMILES string of the molecule is Cc1cc(C)c(NC(=O)CN(Cc2c(F)cccc2Cl)S(=O)(=O)c2ccc(Cl)cc2)c(C)c1. The highest BCUT2D eigenvalue weighted by atomic mass is 35.5. The molecule has 0 radical (unpaired) electrons. The predicted molar refractivity (Wildman–Crippen MR) is 130 cm³/mol. The smallest absolute Gasteiger partial charge is 0.243 e. The number of anilines is 1. The Morgan fingerprint density at radius 1 is 1.00 bits per heavy atom. The van der Waals surface area contributed by atoms with Crippen molar-refractivity contribution in [2.24, 2.45) is 0 Å². The number of amides is 1. The lowest BCUT2D eigenvalue weighted by Gasteiger charge is -2.23. The average Bonchev–Trinajstić information content (AvgIpc) is 2.73. The topological polar surface area (TPSA) is 66.5 Å². The van der Waals surface area contributed by atoms with E-state index < -0.39 is 34.8 Å². The Morgan fingerprint density at radius 2 is 1.61 bits per heavy atom. The number of halogens is 3. The summed E-state index contributed by atoms with van der Waals surface area (Å²) >= 11 is 12.0. The fraction of sp³-hybridized carbons (Fsp3) is 0.208. The number of benzene rings is 3. The van der Waals surface area contributed by atoms with Gasteiger partial charge >= 0.3 is 0 Å². The van der Waals surface area contributed by atoms with Crippen LogP contribution in [0.4, 0.5) is 10.1 Å². The molecule has 0 saturated heterocycles. The molecular formula is C24H23Cl2FN2O3S. The molecule has 0 spiro atoms. The zero-order valence-corrected chi connectivity index (χ0v) is 20.7. The second-order valence-electron chi connectivity index (χ2n) is 7.75. The van der Waals surface area contributed by atoms with E-state index in [-0.39, 0.29) is 15.5 Å². The van der Waals surface area contributed by atoms with Crippen molar-refractivity contribution in [3.63, 3.8) is 0 Å². The molecule has 9 heteroatoms. The molecule has 0 aliphatic heterocycles. The van der Waals surface area contributed by atoms with Gasteiger partial charge in [-0.25, -0.2) is 12.8 Å². The van der Waals surface area contributed by atoms with Gasteiger partial charge in [0.25, 0.3) is 0 Å². The first-order valence-electron chi connectivity index (χ1n) is 10.1. The number of rotatable bonds is 7. The van der Waals surface area contributed by atoms with Crippen molar-refractivity contribution >= 4 is 44.8 Å². The van der Waals surface area contributed by atoms with Crippen LogP contribution in [0.25, 0.3) is 0 Å². The number of carbonyl (C=O) groups excluding carboxylic acids is 1. The summed E-state index contributed by atoms with van der Waals surface area (Å²) in [7, 11) is -4.18. The Labute approximate surface area is 203 Å². The summed E-state index contributed by atoms with van der Waals surface area (Å²) in [5.74, 6) is -1.22. The minimum atomic E-state index is -4.18. The number of nitrogens with zero attached hydrogens (tertiary/aromatic N) is 1. The van der Waals surface area contributed by atoms with E-state index in [1.807, 2.05) is 32.9 Å². The van der Waals surface area contributed by atoms with Crippen LogP contribution in [0.5, 0.6) is 0 Å². The second-order valence-corrected chi connectivity index (χ2v) is 10.5. The lowest BCUT2D eigenvalue weighted by molar-refractivity contribution is -0.116. The van der Waals surface area contributed by atoms with Gasteiger partial charge in [-0.1, -0.05) is 47.0 Å². The summed E-state index contributed by atoms with van der Waals surface area (Å²) in [4.78, 5) is 12.9. The van der Waals surface area contributed by atoms with Crippen molar-refractivity contribution < 1.29 is 17.6 Å². The first-order valence-corrected chi connectivity index (χ1v) is 12.2. The molecule has 0 unspecified atom stereocenters. The number of hydrogen-bond donors (Lipinski definition) is 1. The van der Waals surface area contributed by atoms with Crippen molar-refractivity contribution in [3.8, 4) is 0 Å². The molecule has 3 aromatic carbocycles. The van der Waals surface area contributed by atoms with Crippen LogP contribution < -0.4 is 5.32 Å². The maximum Gasteiger partial charge on any atom is 0.243 e. The predicted octanol–water partition coefficient (Wildman–Crippen LogP) is 5.89. The summed E-state index contributed by atoms with van der Waals surface area (Å²) in [6, 6.07) is 13.4. The Bertz CT molecular complexity index is 1250. The van der Waals surface area contributed by atoms with Crippen LogP contribution in [0.2, 0.25) is 10.0 Å². The highest BCUT2D eigenvalue weighted by molar-refractivity contribution is 7.89. The van der Waals surface area contributed by atoms with Crippen LogP contribution in [0, 0.1) is 26.6 Å². The van der Waals surface area contributed by atoms with Crippen molar-refractivity contribution in [1.29, 1.82) is 0 Å². The van der Waals surface area contributed by atoms with Crippen molar-refractivity contribution in [3.05, 3.63) is 92.7 Å². The Balaban J connectivity index is 1.96. The number of nitrogens with one attached hydrogen (secondary N) is 1. The quantitative estimate of drug-likeness (QED) is 0.432. The van der Waals surface area contributed by atoms with Crippen molar-refractivity contribution in [1.82, 2.24) is 4.31 Å². The Hall–Kier alpha value is -2.45. The third kappa shape index (κ3) is 5.92. The summed E-state index contributed by atoms with van der Waals surface area (Å²) < 4.78 is 42.1. The van der Waals surface area contributed by atoms with E-state index in [0.29, 0.717) is 10.7 Å². The van der Waals surface area contributed by atoms with E-state index in [0.717, 1.165) is 21.0 Å². The summed E-state index contributed by atoms with van der Waals surface area (Å²) in [5, 5.41) is 3.22. The molecule has 3 aromatic rings. The molecule has 5 nitrogen and oxygen atoms in total. The van der Waals surface area contributed by atoms with Gasteiger partial charge in [0.2, 0.25) is 15.9 Å². The number of sulfonamides is 1. The fourth-order valence-electron chi connectivity index (χ4n) is 3.56. The molecule has 0 heterocycles. The van der Waals surface area contributed by atoms with Gasteiger partial charge in [0.05, 0.1) is 11.4 Å². The van der Waals surface area contributed by atoms with Gasteiger partial charge in [-0.2, -0.15) is 4.31 Å². The number of hydrogen-bond acceptors (Lipinski definition) is 3. The van der Waals surface area contributed by atoms with Gasteiger partial charge in [-0.05, 0) is 68.3 Å². The molecular weight excluding hydrogens is 486 g/mol. The lowest BCUT2D eigenvalue weighted by atomic mass is 10.1. The van der Waals surface area contributed by atoms with E-state index in [2.05, 4.69) is 5.32 Å². The minimum Gasteiger partial charge on any atom is -0.324 e. The molecule has 1 N–H and O–H groups in total. The summed E-state index contributed by atoms with van der Waals surface area (Å²) in [5.41, 5.74) is 3.34. The van der Waals surface area contributed by atoms with Crippen molar-refractivity contribution in [2.75, 3.05) is 11.9 Å². The molecule has 174 valence electrons. The summed E-state index contributed by atoms with van der Waals surface area (Å²) in [6.45, 7) is 4.70. The first kappa shape index (κ1) is 25.2. The molecule has 1 amide bonds. The van der Waals surface area contributed by atoms with Crippen LogP contribution in [-0.4, -0.2) is 25.2 Å². The average molecular weight is 509 g/mol. The molecule has 0 aromatic heterocycles. The van der Waals surface area contributed by atoms with Crippen molar-refractivity contribution in [2.45, 2.75) is 32.2 Å². The van der Waals surface area contributed by atoms with Crippen LogP contribution >= 0.6 is 23.2 Å². The van der Waals surface area contributed by atoms with Gasteiger partial charge in [-0.15, -0.1) is 0 Å². The van der Waals surface area contributed by atoms with Crippen LogP contribution in [0.3, 0.4) is 0 Å². The van der Waals surface area contributed by atoms with Gasteiger partial charge in [0, 0.05) is 27.8 Å². The van der Waals surface area contributed by atoms with Gasteiger partial charge in [-0.3, -0.25) is 4.79 Å². The fourth-order valence-corrected chi connectivity index (χ4v) is 5.27. The molecule has 0 aliphatic carbocycles. The van der Waals surface area contributed by atoms with Gasteiger partial charge in [0.15, 0.2) is 0 Å². The molecule has 0 aliphatic rings. The lowest BCUT2D eigenvalue weighted by Crippen LogP contribution is -2.38. The highest BCUT2D eigenvalue weighted by Crippen LogP contribution is 2.26. The Morgan fingerprint density at radius 3 is 2.18 bits per heavy atom. The largest absolute Gasteiger partial charge is 0.324 e. The van der Waals surface area contributed by atoms with E-state index in [4.69, 9.17) is 23.2 Å². The molecule has 0 bridgehead atoms. The maximum absolute atomic E-state index is 14.5. The third-order valence-electron chi connectivity index (χ3n) is 5.11. The van der Waals surface area contributed by atoms with Crippen LogP contribution in [0.15, 0.2) is 59.5 Å². The normalized spacial score (nSPS) is 11.6. The second kappa shape index (κ2) is 10.2. The minimum absolute atomic E-state index is 0.0211. The number of aryl methyl sites for hydroxylation is 3. The zero-order chi connectivity index (χ0) is 24.3.